The first-order valence-corrected chi connectivity index (χ1v) is 13.4. The lowest BCUT2D eigenvalue weighted by molar-refractivity contribution is -0.122. The molecule has 1 aliphatic rings. The van der Waals surface area contributed by atoms with Gasteiger partial charge in [-0.25, -0.2) is 4.68 Å². The molecule has 1 aromatic heterocycles. The van der Waals surface area contributed by atoms with Crippen molar-refractivity contribution in [2.75, 3.05) is 13.2 Å². The van der Waals surface area contributed by atoms with Crippen molar-refractivity contribution in [1.82, 2.24) is 14.7 Å². The summed E-state index contributed by atoms with van der Waals surface area (Å²) < 4.78 is 8.43. The summed E-state index contributed by atoms with van der Waals surface area (Å²) in [6.45, 7) is 7.69. The summed E-state index contributed by atoms with van der Waals surface area (Å²) in [4.78, 5) is 15.4. The minimum absolute atomic E-state index is 0.0253. The van der Waals surface area contributed by atoms with Crippen LogP contribution in [0.2, 0.25) is 0 Å². The van der Waals surface area contributed by atoms with Gasteiger partial charge in [0.2, 0.25) is 0 Å². The second-order valence-electron chi connectivity index (χ2n) is 8.58. The van der Waals surface area contributed by atoms with Gasteiger partial charge < -0.3 is 4.74 Å². The molecule has 1 fully saturated rings. The zero-order valence-corrected chi connectivity index (χ0v) is 22.1. The molecule has 0 atom stereocenters. The van der Waals surface area contributed by atoms with Crippen LogP contribution in [0.5, 0.6) is 5.75 Å². The summed E-state index contributed by atoms with van der Waals surface area (Å²) in [6.07, 6.45) is 7.98. The number of ether oxygens (including phenoxy) is 1. The van der Waals surface area contributed by atoms with Crippen LogP contribution in [0.15, 0.2) is 59.6 Å². The standard InChI is InChI=1S/C28H31N3O2S2/c1-4-6-15-30-27(32)25(35-28(30)34)18-22-19-31(23-11-9-8-10-12-23)29-26(22)21-13-14-24(20(3)17-21)33-16-7-5-2/h8-14,17-19H,4-7,15-16H2,1-3H3/b25-18-. The van der Waals surface area contributed by atoms with E-state index in [2.05, 4.69) is 26.8 Å². The predicted molar refractivity (Wildman–Crippen MR) is 149 cm³/mol. The van der Waals surface area contributed by atoms with Gasteiger partial charge in [0.1, 0.15) is 15.8 Å². The van der Waals surface area contributed by atoms with E-state index in [1.807, 2.05) is 59.4 Å². The third-order valence-corrected chi connectivity index (χ3v) is 7.24. The van der Waals surface area contributed by atoms with Crippen molar-refractivity contribution in [3.63, 3.8) is 0 Å². The number of unbranched alkanes of at least 4 members (excludes halogenated alkanes) is 2. The molecule has 2 heterocycles. The Morgan fingerprint density at radius 2 is 1.86 bits per heavy atom. The third-order valence-electron chi connectivity index (χ3n) is 5.86. The molecule has 1 aliphatic heterocycles. The number of hydrogen-bond donors (Lipinski definition) is 0. The molecule has 5 nitrogen and oxygen atoms in total. The highest BCUT2D eigenvalue weighted by atomic mass is 32.2. The van der Waals surface area contributed by atoms with E-state index < -0.39 is 0 Å². The van der Waals surface area contributed by atoms with Gasteiger partial charge in [-0.1, -0.05) is 68.9 Å². The second-order valence-corrected chi connectivity index (χ2v) is 10.3. The highest BCUT2D eigenvalue weighted by Gasteiger charge is 2.32. The van der Waals surface area contributed by atoms with Gasteiger partial charge in [-0.05, 0) is 61.7 Å². The average Bonchev–Trinajstić information content (AvgIpc) is 3.40. The molecule has 3 aromatic rings. The molecule has 0 aliphatic carbocycles. The summed E-state index contributed by atoms with van der Waals surface area (Å²) in [5.74, 6) is 0.866. The number of nitrogens with zero attached hydrogens (tertiary/aromatic N) is 3. The fourth-order valence-electron chi connectivity index (χ4n) is 3.87. The first kappa shape index (κ1) is 25.2. The topological polar surface area (TPSA) is 47.4 Å². The summed E-state index contributed by atoms with van der Waals surface area (Å²) in [7, 11) is 0. The Morgan fingerprint density at radius 1 is 1.09 bits per heavy atom. The number of thiocarbonyl (C=S) groups is 1. The number of aryl methyl sites for hydroxylation is 1. The summed E-state index contributed by atoms with van der Waals surface area (Å²) in [5.41, 5.74) is 4.69. The van der Waals surface area contributed by atoms with Gasteiger partial charge in [-0.15, -0.1) is 0 Å². The van der Waals surface area contributed by atoms with Crippen molar-refractivity contribution >= 4 is 40.3 Å². The van der Waals surface area contributed by atoms with Crippen molar-refractivity contribution in [3.05, 3.63) is 70.8 Å². The SMILES string of the molecule is CCCCOc1ccc(-c2nn(-c3ccccc3)cc2/C=C2\SC(=S)N(CCCC)C2=O)cc1C. The Labute approximate surface area is 217 Å². The molecular weight excluding hydrogens is 474 g/mol. The van der Waals surface area contributed by atoms with Crippen LogP contribution < -0.4 is 4.74 Å². The second kappa shape index (κ2) is 11.7. The minimum Gasteiger partial charge on any atom is -0.493 e. The van der Waals surface area contributed by atoms with Gasteiger partial charge in [0.15, 0.2) is 0 Å². The Bertz CT molecular complexity index is 1230. The quantitative estimate of drug-likeness (QED) is 0.168. The Morgan fingerprint density at radius 3 is 2.57 bits per heavy atom. The summed E-state index contributed by atoms with van der Waals surface area (Å²) in [5, 5.41) is 4.92. The van der Waals surface area contributed by atoms with Crippen molar-refractivity contribution in [1.29, 1.82) is 0 Å². The van der Waals surface area contributed by atoms with E-state index in [1.54, 1.807) is 4.90 Å². The molecule has 35 heavy (non-hydrogen) atoms. The number of thioether (sulfide) groups is 1. The largest absolute Gasteiger partial charge is 0.493 e. The first-order valence-electron chi connectivity index (χ1n) is 12.2. The Kier molecular flexibility index (Phi) is 8.42. The van der Waals surface area contributed by atoms with Crippen LogP contribution in [0, 0.1) is 6.92 Å². The monoisotopic (exact) mass is 505 g/mol. The maximum Gasteiger partial charge on any atom is 0.266 e. The first-order chi connectivity index (χ1) is 17.0. The third kappa shape index (κ3) is 5.85. The van der Waals surface area contributed by atoms with Crippen LogP contribution in [0.4, 0.5) is 0 Å². The fraction of sp³-hybridized carbons (Fsp3) is 0.321. The molecule has 0 N–H and O–H groups in total. The minimum atomic E-state index is -0.0253. The van der Waals surface area contributed by atoms with Crippen LogP contribution >= 0.6 is 24.0 Å². The number of rotatable bonds is 10. The van der Waals surface area contributed by atoms with Crippen LogP contribution in [0.3, 0.4) is 0 Å². The molecular formula is C28H31N3O2S2. The van der Waals surface area contributed by atoms with Crippen LogP contribution in [-0.2, 0) is 4.79 Å². The maximum absolute atomic E-state index is 13.1. The maximum atomic E-state index is 13.1. The van der Waals surface area contributed by atoms with Crippen molar-refractivity contribution < 1.29 is 9.53 Å². The number of carbonyl (C=O) groups is 1. The molecule has 0 radical (unpaired) electrons. The van der Waals surface area contributed by atoms with E-state index in [4.69, 9.17) is 22.1 Å². The van der Waals surface area contributed by atoms with Gasteiger partial charge in [-0.3, -0.25) is 9.69 Å². The molecule has 0 bridgehead atoms. The molecule has 4 rings (SSSR count). The average molecular weight is 506 g/mol. The van der Waals surface area contributed by atoms with E-state index in [0.29, 0.717) is 22.4 Å². The van der Waals surface area contributed by atoms with E-state index >= 15 is 0 Å². The highest BCUT2D eigenvalue weighted by Crippen LogP contribution is 2.36. The van der Waals surface area contributed by atoms with Gasteiger partial charge in [0, 0.05) is 23.9 Å². The lowest BCUT2D eigenvalue weighted by atomic mass is 10.0. The Balaban J connectivity index is 1.72. The lowest BCUT2D eigenvalue weighted by Crippen LogP contribution is -2.28. The number of hydrogen-bond acceptors (Lipinski definition) is 5. The van der Waals surface area contributed by atoms with E-state index in [-0.39, 0.29) is 5.91 Å². The van der Waals surface area contributed by atoms with E-state index in [9.17, 15) is 4.79 Å². The highest BCUT2D eigenvalue weighted by molar-refractivity contribution is 8.26. The number of para-hydroxylation sites is 1. The molecule has 0 spiro atoms. The number of aromatic nitrogens is 2. The fourth-order valence-corrected chi connectivity index (χ4v) is 5.17. The number of carbonyl (C=O) groups excluding carboxylic acids is 1. The molecule has 2 aromatic carbocycles. The number of amides is 1. The summed E-state index contributed by atoms with van der Waals surface area (Å²) >= 11 is 6.86. The molecule has 7 heteroatoms. The molecule has 0 unspecified atom stereocenters. The predicted octanol–water partition coefficient (Wildman–Crippen LogP) is 7.03. The molecule has 182 valence electrons. The van der Waals surface area contributed by atoms with Crippen LogP contribution in [0.1, 0.15) is 50.7 Å². The van der Waals surface area contributed by atoms with Gasteiger partial charge in [0.05, 0.1) is 17.2 Å². The zero-order chi connectivity index (χ0) is 24.8. The molecule has 1 saturated heterocycles. The van der Waals surface area contributed by atoms with Crippen molar-refractivity contribution in [2.45, 2.75) is 46.5 Å². The van der Waals surface area contributed by atoms with Gasteiger partial charge in [0.25, 0.3) is 5.91 Å². The summed E-state index contributed by atoms with van der Waals surface area (Å²) in [6, 6.07) is 16.1. The van der Waals surface area contributed by atoms with E-state index in [1.165, 1.54) is 11.8 Å². The van der Waals surface area contributed by atoms with Crippen LogP contribution in [0.25, 0.3) is 23.0 Å². The molecule has 1 amide bonds. The van der Waals surface area contributed by atoms with Crippen molar-refractivity contribution in [2.24, 2.45) is 0 Å². The molecule has 0 saturated carbocycles. The number of benzene rings is 2. The zero-order valence-electron chi connectivity index (χ0n) is 20.5. The van der Waals surface area contributed by atoms with Crippen LogP contribution in [-0.4, -0.2) is 38.1 Å². The van der Waals surface area contributed by atoms with E-state index in [0.717, 1.165) is 59.5 Å². The normalized spacial score (nSPS) is 14.8. The van der Waals surface area contributed by atoms with Gasteiger partial charge in [-0.2, -0.15) is 5.10 Å². The Hall–Kier alpha value is -2.90. The van der Waals surface area contributed by atoms with Gasteiger partial charge >= 0.3 is 0 Å². The smallest absolute Gasteiger partial charge is 0.266 e. The lowest BCUT2D eigenvalue weighted by Gasteiger charge is -2.13. The van der Waals surface area contributed by atoms with Crippen molar-refractivity contribution in [3.8, 4) is 22.7 Å².